The Morgan fingerprint density at radius 2 is 2.17 bits per heavy atom. The third-order valence-corrected chi connectivity index (χ3v) is 4.15. The monoisotopic (exact) mass is 329 g/mol. The van der Waals surface area contributed by atoms with Crippen molar-refractivity contribution in [3.05, 3.63) is 48.0 Å². The van der Waals surface area contributed by atoms with E-state index in [1.165, 1.54) is 5.56 Å². The molecule has 1 aromatic carbocycles. The first-order chi connectivity index (χ1) is 11.6. The summed E-state index contributed by atoms with van der Waals surface area (Å²) in [5.74, 6) is 0.869. The number of hydrogen-bond donors (Lipinski definition) is 0. The van der Waals surface area contributed by atoms with Crippen LogP contribution in [0, 0.1) is 0 Å². The van der Waals surface area contributed by atoms with E-state index in [0.717, 1.165) is 12.4 Å². The van der Waals surface area contributed by atoms with Gasteiger partial charge in [0.05, 0.1) is 19.7 Å². The molecule has 1 atom stereocenters. The fourth-order valence-corrected chi connectivity index (χ4v) is 2.90. The van der Waals surface area contributed by atoms with E-state index in [2.05, 4.69) is 22.3 Å². The maximum absolute atomic E-state index is 12.6. The van der Waals surface area contributed by atoms with Gasteiger partial charge in [-0.05, 0) is 12.6 Å². The molecule has 0 aliphatic carbocycles. The lowest BCUT2D eigenvalue weighted by molar-refractivity contribution is -0.140. The number of aryl methyl sites for hydroxylation is 1. The van der Waals surface area contributed by atoms with Gasteiger partial charge in [0.1, 0.15) is 12.4 Å². The number of nitrogens with zero attached hydrogens (tertiary/aromatic N) is 5. The minimum absolute atomic E-state index is 0.115. The van der Waals surface area contributed by atoms with Crippen LogP contribution in [0.25, 0.3) is 0 Å². The van der Waals surface area contributed by atoms with Gasteiger partial charge in [-0.2, -0.15) is 0 Å². The Labute approximate surface area is 141 Å². The van der Waals surface area contributed by atoms with E-state index >= 15 is 0 Å². The van der Waals surface area contributed by atoms with Gasteiger partial charge in [0.2, 0.25) is 5.91 Å². The maximum Gasteiger partial charge on any atom is 0.236 e. The fourth-order valence-electron chi connectivity index (χ4n) is 2.90. The molecule has 1 aromatic heterocycles. The van der Waals surface area contributed by atoms with Crippen LogP contribution in [0.5, 0.6) is 0 Å². The molecule has 0 radical (unpaired) electrons. The molecule has 7 heteroatoms. The molecule has 3 rings (SSSR count). The van der Waals surface area contributed by atoms with E-state index in [1.807, 2.05) is 46.7 Å². The average Bonchev–Trinajstić information content (AvgIpc) is 3.02. The summed E-state index contributed by atoms with van der Waals surface area (Å²) in [4.78, 5) is 16.5. The van der Waals surface area contributed by atoms with E-state index in [9.17, 15) is 4.79 Å². The van der Waals surface area contributed by atoms with E-state index in [-0.39, 0.29) is 12.0 Å². The van der Waals surface area contributed by atoms with Gasteiger partial charge in [0, 0.05) is 20.1 Å². The average molecular weight is 329 g/mol. The van der Waals surface area contributed by atoms with E-state index < -0.39 is 0 Å². The SMILES string of the molecule is CN(CC(=O)N1CCO[C@H](c2nncn2C)C1)Cc1ccccc1. The van der Waals surface area contributed by atoms with Gasteiger partial charge in [-0.3, -0.25) is 9.69 Å². The molecule has 0 N–H and O–H groups in total. The third kappa shape index (κ3) is 3.98. The smallest absolute Gasteiger partial charge is 0.236 e. The lowest BCUT2D eigenvalue weighted by Crippen LogP contribution is -2.46. The van der Waals surface area contributed by atoms with Crippen LogP contribution in [0.3, 0.4) is 0 Å². The first kappa shape index (κ1) is 16.6. The zero-order chi connectivity index (χ0) is 16.9. The van der Waals surface area contributed by atoms with E-state index in [1.54, 1.807) is 6.33 Å². The number of rotatable bonds is 5. The molecule has 1 fully saturated rings. The van der Waals surface area contributed by atoms with Crippen molar-refractivity contribution in [2.75, 3.05) is 33.3 Å². The van der Waals surface area contributed by atoms with E-state index in [4.69, 9.17) is 4.74 Å². The summed E-state index contributed by atoms with van der Waals surface area (Å²) < 4.78 is 7.59. The quantitative estimate of drug-likeness (QED) is 0.814. The number of aromatic nitrogens is 3. The summed E-state index contributed by atoms with van der Waals surface area (Å²) in [6.07, 6.45) is 1.43. The van der Waals surface area contributed by atoms with Gasteiger partial charge in [0.25, 0.3) is 0 Å². The van der Waals surface area contributed by atoms with Crippen molar-refractivity contribution < 1.29 is 9.53 Å². The number of morpholine rings is 1. The van der Waals surface area contributed by atoms with Crippen molar-refractivity contribution in [2.45, 2.75) is 12.6 Å². The second kappa shape index (κ2) is 7.55. The van der Waals surface area contributed by atoms with Crippen LogP contribution in [0.4, 0.5) is 0 Å². The molecule has 2 aromatic rings. The highest BCUT2D eigenvalue weighted by Crippen LogP contribution is 2.20. The zero-order valence-corrected chi connectivity index (χ0v) is 14.1. The Hall–Kier alpha value is -2.25. The van der Waals surface area contributed by atoms with Crippen molar-refractivity contribution in [1.82, 2.24) is 24.6 Å². The van der Waals surface area contributed by atoms with Gasteiger partial charge >= 0.3 is 0 Å². The van der Waals surface area contributed by atoms with Crippen LogP contribution in [-0.4, -0.2) is 63.8 Å². The van der Waals surface area contributed by atoms with Crippen LogP contribution < -0.4 is 0 Å². The lowest BCUT2D eigenvalue weighted by Gasteiger charge is -2.33. The molecule has 1 amide bonds. The molecule has 0 spiro atoms. The number of likely N-dealkylation sites (N-methyl/N-ethyl adjacent to an activating group) is 1. The Balaban J connectivity index is 1.55. The van der Waals surface area contributed by atoms with Crippen molar-refractivity contribution in [3.63, 3.8) is 0 Å². The molecule has 1 aliphatic rings. The maximum atomic E-state index is 12.6. The minimum Gasteiger partial charge on any atom is -0.366 e. The van der Waals surface area contributed by atoms with Crippen molar-refractivity contribution in [3.8, 4) is 0 Å². The van der Waals surface area contributed by atoms with Crippen LogP contribution in [0.1, 0.15) is 17.5 Å². The molecule has 0 saturated carbocycles. The standard InChI is InChI=1S/C17H23N5O2/c1-20(10-14-6-4-3-5-7-14)12-16(23)22-8-9-24-15(11-22)17-19-18-13-21(17)2/h3-7,13,15H,8-12H2,1-2H3/t15-/m0/s1. The summed E-state index contributed by atoms with van der Waals surface area (Å²) in [5.41, 5.74) is 1.20. The topological polar surface area (TPSA) is 63.5 Å². The summed E-state index contributed by atoms with van der Waals surface area (Å²) in [6, 6.07) is 10.2. The number of amides is 1. The Morgan fingerprint density at radius 1 is 1.38 bits per heavy atom. The highest BCUT2D eigenvalue weighted by Gasteiger charge is 2.28. The predicted molar refractivity (Wildman–Crippen MR) is 89.1 cm³/mol. The van der Waals surface area contributed by atoms with Crippen LogP contribution in [0.15, 0.2) is 36.7 Å². The molecule has 1 saturated heterocycles. The number of carbonyl (C=O) groups is 1. The van der Waals surface area contributed by atoms with Gasteiger partial charge in [0.15, 0.2) is 5.82 Å². The molecule has 2 heterocycles. The largest absolute Gasteiger partial charge is 0.366 e. The Kier molecular flexibility index (Phi) is 5.22. The number of benzene rings is 1. The van der Waals surface area contributed by atoms with Gasteiger partial charge in [-0.25, -0.2) is 0 Å². The van der Waals surface area contributed by atoms with Gasteiger partial charge in [-0.15, -0.1) is 10.2 Å². The molecule has 7 nitrogen and oxygen atoms in total. The summed E-state index contributed by atoms with van der Waals surface area (Å²) in [7, 11) is 3.85. The third-order valence-electron chi connectivity index (χ3n) is 4.15. The second-order valence-corrected chi connectivity index (χ2v) is 6.16. The van der Waals surface area contributed by atoms with Crippen molar-refractivity contribution >= 4 is 5.91 Å². The highest BCUT2D eigenvalue weighted by molar-refractivity contribution is 5.78. The molecule has 1 aliphatic heterocycles. The van der Waals surface area contributed by atoms with Crippen molar-refractivity contribution in [2.24, 2.45) is 7.05 Å². The van der Waals surface area contributed by atoms with Crippen LogP contribution in [0.2, 0.25) is 0 Å². The molecule has 0 bridgehead atoms. The minimum atomic E-state index is -0.213. The Bertz CT molecular complexity index is 673. The van der Waals surface area contributed by atoms with Crippen LogP contribution >= 0.6 is 0 Å². The summed E-state index contributed by atoms with van der Waals surface area (Å²) in [5, 5.41) is 7.97. The molecule has 0 unspecified atom stereocenters. The summed E-state index contributed by atoms with van der Waals surface area (Å²) in [6.45, 7) is 2.80. The highest BCUT2D eigenvalue weighted by atomic mass is 16.5. The normalized spacial score (nSPS) is 18.1. The fraction of sp³-hybridized carbons (Fsp3) is 0.471. The predicted octanol–water partition coefficient (Wildman–Crippen LogP) is 0.847. The molecule has 128 valence electrons. The number of carbonyl (C=O) groups excluding carboxylic acids is 1. The number of hydrogen-bond acceptors (Lipinski definition) is 5. The van der Waals surface area contributed by atoms with E-state index in [0.29, 0.717) is 26.2 Å². The first-order valence-electron chi connectivity index (χ1n) is 8.09. The Morgan fingerprint density at radius 3 is 2.88 bits per heavy atom. The molecular formula is C17H23N5O2. The second-order valence-electron chi connectivity index (χ2n) is 6.16. The van der Waals surface area contributed by atoms with Crippen molar-refractivity contribution in [1.29, 1.82) is 0 Å². The van der Waals surface area contributed by atoms with Gasteiger partial charge in [-0.1, -0.05) is 30.3 Å². The lowest BCUT2D eigenvalue weighted by atomic mass is 10.2. The number of ether oxygens (including phenoxy) is 1. The molecule has 24 heavy (non-hydrogen) atoms. The summed E-state index contributed by atoms with van der Waals surface area (Å²) >= 11 is 0. The molecular weight excluding hydrogens is 306 g/mol. The first-order valence-corrected chi connectivity index (χ1v) is 8.09. The zero-order valence-electron chi connectivity index (χ0n) is 14.1. The van der Waals surface area contributed by atoms with Crippen LogP contribution in [-0.2, 0) is 23.1 Å². The van der Waals surface area contributed by atoms with Gasteiger partial charge < -0.3 is 14.2 Å².